The molecule has 4 aromatic rings. The van der Waals surface area contributed by atoms with E-state index in [0.29, 0.717) is 25.1 Å². The van der Waals surface area contributed by atoms with Gasteiger partial charge in [0, 0.05) is 29.2 Å². The van der Waals surface area contributed by atoms with Crippen LogP contribution in [0, 0.1) is 11.6 Å². The molecule has 36 heavy (non-hydrogen) atoms. The van der Waals surface area contributed by atoms with Gasteiger partial charge in [-0.15, -0.1) is 5.10 Å². The zero-order valence-corrected chi connectivity index (χ0v) is 19.2. The summed E-state index contributed by atoms with van der Waals surface area (Å²) in [5.74, 6) is -3.07. The molecule has 0 saturated carbocycles. The quantitative estimate of drug-likeness (QED) is 0.268. The Morgan fingerprint density at radius 3 is 2.83 bits per heavy atom. The Balaban J connectivity index is 1.40. The molecule has 0 bridgehead atoms. The van der Waals surface area contributed by atoms with E-state index in [0.717, 1.165) is 35.0 Å². The van der Waals surface area contributed by atoms with Crippen LogP contribution in [0.25, 0.3) is 10.9 Å². The maximum Gasteiger partial charge on any atom is 0.254 e. The largest absolute Gasteiger partial charge is 0.361 e. The first-order chi connectivity index (χ1) is 17.4. The highest BCUT2D eigenvalue weighted by Gasteiger charge is 2.33. The normalized spacial score (nSPS) is 16.4. The molecule has 2 atom stereocenters. The van der Waals surface area contributed by atoms with Crippen molar-refractivity contribution in [3.05, 3.63) is 83.3 Å². The summed E-state index contributed by atoms with van der Waals surface area (Å²) in [5.41, 5.74) is 4.22. The minimum absolute atomic E-state index is 0.0407. The van der Waals surface area contributed by atoms with Gasteiger partial charge in [0.05, 0.1) is 24.7 Å². The van der Waals surface area contributed by atoms with Crippen LogP contribution in [0.2, 0.25) is 0 Å². The van der Waals surface area contributed by atoms with E-state index in [2.05, 4.69) is 15.3 Å². The van der Waals surface area contributed by atoms with Crippen LogP contribution in [0.5, 0.6) is 0 Å². The minimum Gasteiger partial charge on any atom is -0.361 e. The third kappa shape index (κ3) is 4.57. The number of aromatic amines is 1. The topological polar surface area (TPSA) is 116 Å². The second-order valence-electron chi connectivity index (χ2n) is 8.87. The predicted molar refractivity (Wildman–Crippen MR) is 125 cm³/mol. The van der Waals surface area contributed by atoms with Crippen molar-refractivity contribution < 1.29 is 23.6 Å². The number of H-pyrrole nitrogens is 1. The summed E-state index contributed by atoms with van der Waals surface area (Å²) < 4.78 is 28.6. The molecule has 0 unspecified atom stereocenters. The molecular weight excluding hydrogens is 470 g/mol. The Hall–Kier alpha value is -4.12. The molecule has 1 aliphatic rings. The number of nitrogens with zero attached hydrogens (tertiary/aromatic N) is 4. The Morgan fingerprint density at radius 1 is 1.19 bits per heavy atom. The number of halogens is 2. The number of hydroxylamine groups is 1. The molecule has 1 aliphatic heterocycles. The first-order valence-electron chi connectivity index (χ1n) is 11.6. The molecule has 2 aromatic carbocycles. The smallest absolute Gasteiger partial charge is 0.254 e. The van der Waals surface area contributed by atoms with Gasteiger partial charge in [0.2, 0.25) is 5.91 Å². The van der Waals surface area contributed by atoms with Gasteiger partial charge in [-0.2, -0.15) is 0 Å². The highest BCUT2D eigenvalue weighted by atomic mass is 19.2. The molecule has 11 heteroatoms. The lowest BCUT2D eigenvalue weighted by Crippen LogP contribution is -2.31. The molecule has 1 fully saturated rings. The standard InChI is InChI=1S/C25H24F2N6O3/c26-19-8-7-15(11-20(19)27)25(35)32-9-3-6-23(32)22-14-33(31-29-22)17(12-24(34)30-36)10-16-13-28-21-5-2-1-4-18(16)21/h1-2,4-5,7-8,11,13-14,17,23,28,36H,3,6,9-10,12H2,(H,30,34)/t17-,23+/m1/s1. The Bertz CT molecular complexity index is 1420. The number of carbonyl (C=O) groups excluding carboxylic acids is 2. The van der Waals surface area contributed by atoms with Crippen molar-refractivity contribution in [3.63, 3.8) is 0 Å². The molecule has 0 radical (unpaired) electrons. The van der Waals surface area contributed by atoms with Crippen molar-refractivity contribution in [3.8, 4) is 0 Å². The molecule has 3 N–H and O–H groups in total. The molecule has 1 saturated heterocycles. The highest BCUT2D eigenvalue weighted by molar-refractivity contribution is 5.94. The van der Waals surface area contributed by atoms with Crippen LogP contribution in [0.1, 0.15) is 53.0 Å². The van der Waals surface area contributed by atoms with Crippen LogP contribution in [0.4, 0.5) is 8.78 Å². The number of hydrogen-bond donors (Lipinski definition) is 3. The second kappa shape index (κ2) is 9.86. The Kier molecular flexibility index (Phi) is 6.47. The summed E-state index contributed by atoms with van der Waals surface area (Å²) in [7, 11) is 0. The molecule has 0 aliphatic carbocycles. The lowest BCUT2D eigenvalue weighted by atomic mass is 10.0. The molecule has 186 valence electrons. The summed E-state index contributed by atoms with van der Waals surface area (Å²) in [6.45, 7) is 0.445. The van der Waals surface area contributed by atoms with Gasteiger partial charge in [0.1, 0.15) is 5.69 Å². The maximum absolute atomic E-state index is 13.7. The van der Waals surface area contributed by atoms with Gasteiger partial charge in [0.25, 0.3) is 5.91 Å². The van der Waals surface area contributed by atoms with Gasteiger partial charge in [0.15, 0.2) is 11.6 Å². The van der Waals surface area contributed by atoms with Crippen LogP contribution in [0.15, 0.2) is 54.9 Å². The number of fused-ring (bicyclic) bond motifs is 1. The summed E-state index contributed by atoms with van der Waals surface area (Å²) >= 11 is 0. The van der Waals surface area contributed by atoms with E-state index in [9.17, 15) is 18.4 Å². The molecule has 2 amide bonds. The van der Waals surface area contributed by atoms with E-state index in [4.69, 9.17) is 5.21 Å². The van der Waals surface area contributed by atoms with E-state index in [-0.39, 0.29) is 18.0 Å². The van der Waals surface area contributed by atoms with E-state index in [1.807, 2.05) is 30.5 Å². The van der Waals surface area contributed by atoms with Gasteiger partial charge in [-0.1, -0.05) is 23.4 Å². The zero-order valence-electron chi connectivity index (χ0n) is 19.2. The molecule has 2 aromatic heterocycles. The second-order valence-corrected chi connectivity index (χ2v) is 8.87. The predicted octanol–water partition coefficient (Wildman–Crippen LogP) is 3.69. The lowest BCUT2D eigenvalue weighted by molar-refractivity contribution is -0.130. The summed E-state index contributed by atoms with van der Waals surface area (Å²) in [6.07, 6.45) is 5.34. The van der Waals surface area contributed by atoms with Gasteiger partial charge in [-0.25, -0.2) is 18.9 Å². The van der Waals surface area contributed by atoms with E-state index >= 15 is 0 Å². The molecule has 9 nitrogen and oxygen atoms in total. The third-order valence-electron chi connectivity index (χ3n) is 6.60. The van der Waals surface area contributed by atoms with Crippen molar-refractivity contribution in [2.24, 2.45) is 0 Å². The minimum atomic E-state index is -1.08. The summed E-state index contributed by atoms with van der Waals surface area (Å²) in [6, 6.07) is 10.1. The molecule has 3 heterocycles. The van der Waals surface area contributed by atoms with Crippen LogP contribution in [-0.4, -0.2) is 48.4 Å². The fourth-order valence-electron chi connectivity index (χ4n) is 4.81. The fourth-order valence-corrected chi connectivity index (χ4v) is 4.81. The van der Waals surface area contributed by atoms with Crippen LogP contribution in [0.3, 0.4) is 0 Å². The monoisotopic (exact) mass is 494 g/mol. The van der Waals surface area contributed by atoms with Crippen molar-refractivity contribution in [1.29, 1.82) is 0 Å². The molecule has 0 spiro atoms. The summed E-state index contributed by atoms with van der Waals surface area (Å²) in [4.78, 5) is 29.9. The Morgan fingerprint density at radius 2 is 2.03 bits per heavy atom. The van der Waals surface area contributed by atoms with E-state index < -0.39 is 29.5 Å². The van der Waals surface area contributed by atoms with Gasteiger partial charge >= 0.3 is 0 Å². The Labute approximate surface area is 204 Å². The molecule has 5 rings (SSSR count). The average Bonchev–Trinajstić information content (AvgIpc) is 3.64. The van der Waals surface area contributed by atoms with Gasteiger partial charge in [-0.05, 0) is 49.1 Å². The van der Waals surface area contributed by atoms with Crippen molar-refractivity contribution in [1.82, 2.24) is 30.4 Å². The first kappa shape index (κ1) is 23.6. The highest BCUT2D eigenvalue weighted by Crippen LogP contribution is 2.33. The zero-order chi connectivity index (χ0) is 25.2. The number of likely N-dealkylation sites (tertiary alicyclic amines) is 1. The SMILES string of the molecule is O=C(C[C@@H](Cc1c[nH]c2ccccc12)n1cc([C@@H]2CCCN2C(=O)c2ccc(F)c(F)c2)nn1)NO. The summed E-state index contributed by atoms with van der Waals surface area (Å²) in [5, 5.41) is 18.7. The number of hydrogen-bond acceptors (Lipinski definition) is 5. The van der Waals surface area contributed by atoms with Crippen LogP contribution < -0.4 is 5.48 Å². The number of benzene rings is 2. The lowest BCUT2D eigenvalue weighted by Gasteiger charge is -2.23. The number of para-hydroxylation sites is 1. The van der Waals surface area contributed by atoms with Crippen LogP contribution in [-0.2, 0) is 11.2 Å². The van der Waals surface area contributed by atoms with Gasteiger partial charge in [-0.3, -0.25) is 14.8 Å². The maximum atomic E-state index is 13.7. The number of nitrogens with one attached hydrogen (secondary N) is 2. The van der Waals surface area contributed by atoms with Crippen molar-refractivity contribution in [2.75, 3.05) is 6.54 Å². The number of carbonyl (C=O) groups is 2. The van der Waals surface area contributed by atoms with Crippen molar-refractivity contribution in [2.45, 2.75) is 37.8 Å². The van der Waals surface area contributed by atoms with E-state index in [1.165, 1.54) is 6.07 Å². The fraction of sp³-hybridized carbons (Fsp3) is 0.280. The first-order valence-corrected chi connectivity index (χ1v) is 11.6. The molecular formula is C25H24F2N6O3. The van der Waals surface area contributed by atoms with Crippen LogP contribution >= 0.6 is 0 Å². The van der Waals surface area contributed by atoms with Crippen molar-refractivity contribution >= 4 is 22.7 Å². The van der Waals surface area contributed by atoms with E-state index in [1.54, 1.807) is 21.3 Å². The number of aromatic nitrogens is 4. The van der Waals surface area contributed by atoms with Gasteiger partial charge < -0.3 is 9.88 Å². The number of amides is 2. The average molecular weight is 495 g/mol. The third-order valence-corrected chi connectivity index (χ3v) is 6.60. The number of rotatable bonds is 7.